The van der Waals surface area contributed by atoms with Gasteiger partial charge in [-0.05, 0) is 55.0 Å². The summed E-state index contributed by atoms with van der Waals surface area (Å²) in [6.45, 7) is 1.85. The molecule has 0 spiro atoms. The maximum atomic E-state index is 12.7. The average molecular weight is 366 g/mol. The van der Waals surface area contributed by atoms with Crippen LogP contribution < -0.4 is 10.2 Å². The zero-order valence-electron chi connectivity index (χ0n) is 14.3. The number of anilines is 2. The van der Waals surface area contributed by atoms with Crippen molar-refractivity contribution in [1.29, 1.82) is 0 Å². The number of amides is 3. The lowest BCUT2D eigenvalue weighted by Gasteiger charge is -2.17. The number of carbonyl (C=O) groups excluding carboxylic acids is 3. The van der Waals surface area contributed by atoms with Crippen LogP contribution in [0.15, 0.2) is 47.9 Å². The average Bonchev–Trinajstić information content (AvgIpc) is 3.26. The fraction of sp³-hybridized carbons (Fsp3) is 0.250. The Hall–Kier alpha value is -2.73. The smallest absolute Gasteiger partial charge is 0.265 e. The van der Waals surface area contributed by atoms with Gasteiger partial charge < -0.3 is 5.32 Å². The Morgan fingerprint density at radius 3 is 2.38 bits per heavy atom. The second-order valence-electron chi connectivity index (χ2n) is 6.60. The molecule has 1 saturated heterocycles. The molecule has 1 fully saturated rings. The molecular formula is C20H18N2O3S. The van der Waals surface area contributed by atoms with E-state index in [0.717, 1.165) is 5.56 Å². The standard InChI is InChI=1S/C20H18N2O3S/c1-12-11-13(8-9-16(12)21-18(23)17-7-4-10-26-17)22-19(24)14-5-2-3-6-15(14)20(22)25/h2-4,7-11,14-15H,5-6H2,1H3,(H,21,23)/t14-,15-/m1/s1. The van der Waals surface area contributed by atoms with Crippen molar-refractivity contribution in [2.24, 2.45) is 11.8 Å². The summed E-state index contributed by atoms with van der Waals surface area (Å²) in [5, 5.41) is 4.73. The quantitative estimate of drug-likeness (QED) is 0.664. The molecule has 1 aromatic heterocycles. The number of nitrogens with one attached hydrogen (secondary N) is 1. The van der Waals surface area contributed by atoms with Crippen LogP contribution in [0.25, 0.3) is 0 Å². The Morgan fingerprint density at radius 1 is 1.12 bits per heavy atom. The van der Waals surface area contributed by atoms with Crippen LogP contribution in [0.2, 0.25) is 0 Å². The van der Waals surface area contributed by atoms with Gasteiger partial charge in [0.2, 0.25) is 11.8 Å². The van der Waals surface area contributed by atoms with Crippen molar-refractivity contribution < 1.29 is 14.4 Å². The van der Waals surface area contributed by atoms with Gasteiger partial charge in [0.25, 0.3) is 5.91 Å². The van der Waals surface area contributed by atoms with Crippen molar-refractivity contribution in [2.75, 3.05) is 10.2 Å². The van der Waals surface area contributed by atoms with E-state index in [2.05, 4.69) is 5.32 Å². The molecule has 3 amide bonds. The van der Waals surface area contributed by atoms with Crippen LogP contribution in [0, 0.1) is 18.8 Å². The third-order valence-corrected chi connectivity index (χ3v) is 5.84. The highest BCUT2D eigenvalue weighted by molar-refractivity contribution is 7.12. The summed E-state index contributed by atoms with van der Waals surface area (Å²) in [6, 6.07) is 8.84. The SMILES string of the molecule is Cc1cc(N2C(=O)[C@@H]3CC=CC[C@H]3C2=O)ccc1NC(=O)c1cccs1. The molecule has 1 aliphatic carbocycles. The summed E-state index contributed by atoms with van der Waals surface area (Å²) in [5.41, 5.74) is 2.05. The third-order valence-electron chi connectivity index (χ3n) is 4.97. The Bertz CT molecular complexity index is 891. The number of fused-ring (bicyclic) bond motifs is 1. The molecule has 2 aromatic rings. The highest BCUT2D eigenvalue weighted by Gasteiger charge is 2.47. The number of rotatable bonds is 3. The van der Waals surface area contributed by atoms with E-state index < -0.39 is 0 Å². The first-order chi connectivity index (χ1) is 12.6. The van der Waals surface area contributed by atoms with E-state index in [1.807, 2.05) is 30.5 Å². The van der Waals surface area contributed by atoms with Gasteiger partial charge >= 0.3 is 0 Å². The van der Waals surface area contributed by atoms with Crippen molar-refractivity contribution in [3.05, 3.63) is 58.3 Å². The van der Waals surface area contributed by atoms with Crippen LogP contribution in [-0.4, -0.2) is 17.7 Å². The molecule has 1 N–H and O–H groups in total. The first-order valence-electron chi connectivity index (χ1n) is 8.54. The van der Waals surface area contributed by atoms with E-state index in [1.54, 1.807) is 24.3 Å². The van der Waals surface area contributed by atoms with Crippen molar-refractivity contribution in [3.8, 4) is 0 Å². The molecule has 0 radical (unpaired) electrons. The molecule has 1 aromatic carbocycles. The van der Waals surface area contributed by atoms with Crippen LogP contribution in [0.3, 0.4) is 0 Å². The number of allylic oxidation sites excluding steroid dienone is 2. The second kappa shape index (κ2) is 6.53. The molecule has 5 nitrogen and oxygen atoms in total. The minimum atomic E-state index is -0.244. The third kappa shape index (κ3) is 2.76. The first-order valence-corrected chi connectivity index (χ1v) is 9.42. The Balaban J connectivity index is 1.57. The molecule has 132 valence electrons. The van der Waals surface area contributed by atoms with E-state index in [1.165, 1.54) is 16.2 Å². The van der Waals surface area contributed by atoms with Crippen molar-refractivity contribution in [2.45, 2.75) is 19.8 Å². The molecular weight excluding hydrogens is 348 g/mol. The van der Waals surface area contributed by atoms with Crippen molar-refractivity contribution in [1.82, 2.24) is 0 Å². The number of imide groups is 1. The van der Waals surface area contributed by atoms with Gasteiger partial charge in [-0.1, -0.05) is 18.2 Å². The summed E-state index contributed by atoms with van der Waals surface area (Å²) in [5.74, 6) is -0.906. The second-order valence-corrected chi connectivity index (χ2v) is 7.55. The first kappa shape index (κ1) is 16.7. The summed E-state index contributed by atoms with van der Waals surface area (Å²) in [7, 11) is 0. The number of nitrogens with zero attached hydrogens (tertiary/aromatic N) is 1. The monoisotopic (exact) mass is 366 g/mol. The van der Waals surface area contributed by atoms with Crippen LogP contribution in [0.1, 0.15) is 28.1 Å². The van der Waals surface area contributed by atoms with Crippen LogP contribution >= 0.6 is 11.3 Å². The van der Waals surface area contributed by atoms with Crippen LogP contribution in [0.4, 0.5) is 11.4 Å². The number of hydrogen-bond donors (Lipinski definition) is 1. The molecule has 26 heavy (non-hydrogen) atoms. The normalized spacial score (nSPS) is 21.8. The molecule has 4 rings (SSSR count). The van der Waals surface area contributed by atoms with E-state index >= 15 is 0 Å². The maximum absolute atomic E-state index is 12.7. The number of hydrogen-bond acceptors (Lipinski definition) is 4. The van der Waals surface area contributed by atoms with Gasteiger partial charge in [0, 0.05) is 5.69 Å². The molecule has 2 atom stereocenters. The van der Waals surface area contributed by atoms with E-state index in [4.69, 9.17) is 0 Å². The number of aryl methyl sites for hydroxylation is 1. The van der Waals surface area contributed by atoms with E-state index in [0.29, 0.717) is 29.1 Å². The number of thiophene rings is 1. The number of carbonyl (C=O) groups is 3. The van der Waals surface area contributed by atoms with Gasteiger partial charge in [-0.15, -0.1) is 11.3 Å². The molecule has 2 heterocycles. The van der Waals surface area contributed by atoms with Crippen LogP contribution in [0.5, 0.6) is 0 Å². The topological polar surface area (TPSA) is 66.5 Å². The number of benzene rings is 1. The van der Waals surface area contributed by atoms with Gasteiger partial charge in [0.05, 0.1) is 22.4 Å². The zero-order valence-corrected chi connectivity index (χ0v) is 15.1. The lowest BCUT2D eigenvalue weighted by Crippen LogP contribution is -2.31. The molecule has 0 saturated carbocycles. The molecule has 1 aliphatic heterocycles. The summed E-state index contributed by atoms with van der Waals surface area (Å²) in [4.78, 5) is 39.5. The fourth-order valence-electron chi connectivity index (χ4n) is 3.57. The van der Waals surface area contributed by atoms with Gasteiger partial charge in [-0.3, -0.25) is 19.3 Å². The van der Waals surface area contributed by atoms with Gasteiger partial charge in [0.1, 0.15) is 0 Å². The van der Waals surface area contributed by atoms with E-state index in [-0.39, 0.29) is 29.6 Å². The largest absolute Gasteiger partial charge is 0.321 e. The summed E-state index contributed by atoms with van der Waals surface area (Å²) >= 11 is 1.38. The van der Waals surface area contributed by atoms with Crippen molar-refractivity contribution in [3.63, 3.8) is 0 Å². The minimum absolute atomic E-state index is 0.126. The highest BCUT2D eigenvalue weighted by Crippen LogP contribution is 2.38. The molecule has 0 unspecified atom stereocenters. The lowest BCUT2D eigenvalue weighted by molar-refractivity contribution is -0.122. The molecule has 6 heteroatoms. The summed E-state index contributed by atoms with van der Waals surface area (Å²) in [6.07, 6.45) is 5.20. The van der Waals surface area contributed by atoms with Crippen molar-refractivity contribution >= 4 is 40.4 Å². The van der Waals surface area contributed by atoms with Gasteiger partial charge in [0.15, 0.2) is 0 Å². The Labute approximate surface area is 155 Å². The fourth-order valence-corrected chi connectivity index (χ4v) is 4.19. The Kier molecular flexibility index (Phi) is 4.20. The van der Waals surface area contributed by atoms with Gasteiger partial charge in [-0.25, -0.2) is 0 Å². The van der Waals surface area contributed by atoms with Gasteiger partial charge in [-0.2, -0.15) is 0 Å². The molecule has 0 bridgehead atoms. The van der Waals surface area contributed by atoms with E-state index in [9.17, 15) is 14.4 Å². The maximum Gasteiger partial charge on any atom is 0.265 e. The zero-order chi connectivity index (χ0) is 18.3. The summed E-state index contributed by atoms with van der Waals surface area (Å²) < 4.78 is 0. The molecule has 2 aliphatic rings. The lowest BCUT2D eigenvalue weighted by atomic mass is 9.85. The highest BCUT2D eigenvalue weighted by atomic mass is 32.1. The predicted octanol–water partition coefficient (Wildman–Crippen LogP) is 3.76. The minimum Gasteiger partial charge on any atom is -0.321 e. The van der Waals surface area contributed by atoms with Crippen LogP contribution in [-0.2, 0) is 9.59 Å². The Morgan fingerprint density at radius 2 is 1.81 bits per heavy atom. The predicted molar refractivity (Wildman–Crippen MR) is 101 cm³/mol.